The zero-order valence-corrected chi connectivity index (χ0v) is 13.2. The molecule has 1 heterocycles. The first-order valence-corrected chi connectivity index (χ1v) is 7.35. The minimum atomic E-state index is -0.948. The van der Waals surface area contributed by atoms with Gasteiger partial charge in [0, 0.05) is 6.08 Å². The van der Waals surface area contributed by atoms with Crippen molar-refractivity contribution in [2.45, 2.75) is 0 Å². The van der Waals surface area contributed by atoms with Crippen molar-refractivity contribution in [2.24, 2.45) is 0 Å². The smallest absolute Gasteiger partial charge is 0.323 e. The first kappa shape index (κ1) is 16.3. The molecule has 0 bridgehead atoms. The lowest BCUT2D eigenvalue weighted by atomic mass is 10.2. The number of hydrogen-bond donors (Lipinski definition) is 2. The number of phenolic OH excluding ortho intramolecular Hbond substituents is 1. The minimum absolute atomic E-state index is 0.0252. The highest BCUT2D eigenvalue weighted by Gasteiger charge is 2.12. The van der Waals surface area contributed by atoms with Crippen molar-refractivity contribution in [1.82, 2.24) is 9.55 Å². The van der Waals surface area contributed by atoms with Crippen LogP contribution in [0.4, 0.5) is 0 Å². The molecule has 25 heavy (non-hydrogen) atoms. The predicted molar refractivity (Wildman–Crippen MR) is 93.1 cm³/mol. The number of nitrogens with zero attached hydrogens (tertiary/aromatic N) is 1. The predicted octanol–water partition coefficient (Wildman–Crippen LogP) is 1.76. The van der Waals surface area contributed by atoms with Gasteiger partial charge in [-0.25, -0.2) is 4.57 Å². The van der Waals surface area contributed by atoms with Crippen molar-refractivity contribution in [3.05, 3.63) is 74.8 Å². The Labute approximate surface area is 141 Å². The normalized spacial score (nSPS) is 11.1. The van der Waals surface area contributed by atoms with Crippen LogP contribution in [0, 0.1) is 0 Å². The number of para-hydroxylation sites is 2. The number of allylic oxidation sites excluding steroid dienone is 1. The molecule has 0 atom stereocenters. The number of carbonyl (C=O) groups is 1. The molecule has 1 aromatic heterocycles. The third kappa shape index (κ3) is 3.07. The molecule has 3 aromatic rings. The summed E-state index contributed by atoms with van der Waals surface area (Å²) in [7, 11) is 1.41. The molecule has 0 saturated carbocycles. The zero-order chi connectivity index (χ0) is 18.0. The standard InChI is InChI=1S/C18H14N2O5/c1-25-15-10-11(6-8-14(15)21)7-9-16(22)20-13-5-3-2-4-12(13)19-17(23)18(20)24/h2-10,21H,1H3,(H,19,23)/b9-7+. The number of carbonyl (C=O) groups excluding carboxylic acids is 1. The van der Waals surface area contributed by atoms with Crippen LogP contribution in [-0.2, 0) is 0 Å². The Morgan fingerprint density at radius 2 is 1.96 bits per heavy atom. The molecule has 2 aromatic carbocycles. The van der Waals surface area contributed by atoms with Gasteiger partial charge >= 0.3 is 11.1 Å². The van der Waals surface area contributed by atoms with E-state index in [4.69, 9.17) is 4.74 Å². The molecule has 126 valence electrons. The molecule has 0 fully saturated rings. The van der Waals surface area contributed by atoms with Crippen LogP contribution >= 0.6 is 0 Å². The Morgan fingerprint density at radius 1 is 1.20 bits per heavy atom. The fourth-order valence-electron chi connectivity index (χ4n) is 2.42. The number of benzene rings is 2. The monoisotopic (exact) mass is 338 g/mol. The largest absolute Gasteiger partial charge is 0.504 e. The number of H-pyrrole nitrogens is 1. The second-order valence-electron chi connectivity index (χ2n) is 5.21. The minimum Gasteiger partial charge on any atom is -0.504 e. The summed E-state index contributed by atoms with van der Waals surface area (Å²) in [5.41, 5.74) is -0.529. The molecule has 0 radical (unpaired) electrons. The van der Waals surface area contributed by atoms with Gasteiger partial charge in [-0.15, -0.1) is 0 Å². The fraction of sp³-hybridized carbons (Fsp3) is 0.0556. The number of fused-ring (bicyclic) bond motifs is 1. The average molecular weight is 338 g/mol. The molecule has 0 saturated heterocycles. The van der Waals surface area contributed by atoms with Gasteiger partial charge in [0.25, 0.3) is 5.91 Å². The number of rotatable bonds is 3. The van der Waals surface area contributed by atoms with Crippen molar-refractivity contribution in [3.8, 4) is 11.5 Å². The highest BCUT2D eigenvalue weighted by molar-refractivity contribution is 5.98. The van der Waals surface area contributed by atoms with E-state index in [0.717, 1.165) is 4.57 Å². The lowest BCUT2D eigenvalue weighted by molar-refractivity contribution is 0.0970. The number of hydrogen-bond acceptors (Lipinski definition) is 5. The van der Waals surface area contributed by atoms with E-state index in [2.05, 4.69) is 4.98 Å². The van der Waals surface area contributed by atoms with Gasteiger partial charge in [-0.05, 0) is 35.9 Å². The van der Waals surface area contributed by atoms with Crippen LogP contribution in [0.2, 0.25) is 0 Å². The van der Waals surface area contributed by atoms with E-state index in [1.54, 1.807) is 30.3 Å². The SMILES string of the molecule is COc1cc(/C=C/C(=O)n2c(=O)c(=O)[nH]c3ccccc32)ccc1O. The highest BCUT2D eigenvalue weighted by atomic mass is 16.5. The molecule has 7 heteroatoms. The van der Waals surface area contributed by atoms with Gasteiger partial charge in [0.1, 0.15) is 0 Å². The van der Waals surface area contributed by atoms with Gasteiger partial charge in [-0.1, -0.05) is 18.2 Å². The van der Waals surface area contributed by atoms with Crippen LogP contribution in [-0.4, -0.2) is 27.7 Å². The van der Waals surface area contributed by atoms with E-state index < -0.39 is 17.0 Å². The number of aromatic nitrogens is 2. The maximum atomic E-state index is 12.5. The topological polar surface area (TPSA) is 101 Å². The van der Waals surface area contributed by atoms with Gasteiger partial charge < -0.3 is 14.8 Å². The third-order valence-corrected chi connectivity index (χ3v) is 3.63. The Hall–Kier alpha value is -3.61. The van der Waals surface area contributed by atoms with E-state index in [1.807, 2.05) is 0 Å². The summed E-state index contributed by atoms with van der Waals surface area (Å²) in [4.78, 5) is 38.7. The molecule has 0 unspecified atom stereocenters. The Balaban J connectivity index is 2.05. The van der Waals surface area contributed by atoms with Crippen LogP contribution in [0.15, 0.2) is 58.1 Å². The second-order valence-corrected chi connectivity index (χ2v) is 5.21. The van der Waals surface area contributed by atoms with Gasteiger partial charge in [0.2, 0.25) is 0 Å². The summed E-state index contributed by atoms with van der Waals surface area (Å²) >= 11 is 0. The van der Waals surface area contributed by atoms with Crippen molar-refractivity contribution in [1.29, 1.82) is 0 Å². The molecular formula is C18H14N2O5. The van der Waals surface area contributed by atoms with Crippen LogP contribution in [0.25, 0.3) is 17.1 Å². The van der Waals surface area contributed by atoms with Gasteiger partial charge in [-0.2, -0.15) is 0 Å². The van der Waals surface area contributed by atoms with Crippen molar-refractivity contribution in [3.63, 3.8) is 0 Å². The quantitative estimate of drug-likeness (QED) is 0.560. The average Bonchev–Trinajstić information content (AvgIpc) is 2.62. The van der Waals surface area contributed by atoms with Crippen molar-refractivity contribution in [2.75, 3.05) is 7.11 Å². The molecule has 0 amide bonds. The number of phenols is 1. The van der Waals surface area contributed by atoms with Gasteiger partial charge in [-0.3, -0.25) is 14.4 Å². The fourth-order valence-corrected chi connectivity index (χ4v) is 2.42. The van der Waals surface area contributed by atoms with Crippen LogP contribution in [0.5, 0.6) is 11.5 Å². The molecule has 0 aliphatic heterocycles. The van der Waals surface area contributed by atoms with E-state index in [1.165, 1.54) is 31.4 Å². The number of ether oxygens (including phenoxy) is 1. The molecule has 0 aliphatic carbocycles. The van der Waals surface area contributed by atoms with Gasteiger partial charge in [0.15, 0.2) is 11.5 Å². The lowest BCUT2D eigenvalue weighted by Gasteiger charge is -2.06. The Kier molecular flexibility index (Phi) is 4.21. The number of aromatic hydroxyl groups is 1. The number of nitrogens with one attached hydrogen (secondary N) is 1. The van der Waals surface area contributed by atoms with Crippen molar-refractivity contribution < 1.29 is 14.6 Å². The first-order valence-electron chi connectivity index (χ1n) is 7.35. The summed E-state index contributed by atoms with van der Waals surface area (Å²) < 4.78 is 5.82. The summed E-state index contributed by atoms with van der Waals surface area (Å²) in [6.07, 6.45) is 2.64. The van der Waals surface area contributed by atoms with E-state index in [9.17, 15) is 19.5 Å². The van der Waals surface area contributed by atoms with Gasteiger partial charge in [0.05, 0.1) is 18.1 Å². The molecular weight excluding hydrogens is 324 g/mol. The maximum Gasteiger partial charge on any atom is 0.323 e. The Bertz CT molecular complexity index is 1110. The molecule has 2 N–H and O–H groups in total. The zero-order valence-electron chi connectivity index (χ0n) is 13.2. The molecule has 3 rings (SSSR count). The highest BCUT2D eigenvalue weighted by Crippen LogP contribution is 2.26. The van der Waals surface area contributed by atoms with E-state index >= 15 is 0 Å². The van der Waals surface area contributed by atoms with Crippen LogP contribution in [0.1, 0.15) is 10.4 Å². The maximum absolute atomic E-state index is 12.5. The van der Waals surface area contributed by atoms with E-state index in [-0.39, 0.29) is 11.5 Å². The first-order chi connectivity index (χ1) is 12.0. The Morgan fingerprint density at radius 3 is 2.72 bits per heavy atom. The summed E-state index contributed by atoms with van der Waals surface area (Å²) in [5.74, 6) is -0.421. The second kappa shape index (κ2) is 6.48. The number of aromatic amines is 1. The molecule has 7 nitrogen and oxygen atoms in total. The summed E-state index contributed by atoms with van der Waals surface area (Å²) in [5, 5.41) is 9.58. The third-order valence-electron chi connectivity index (χ3n) is 3.63. The lowest BCUT2D eigenvalue weighted by Crippen LogP contribution is -2.38. The summed E-state index contributed by atoms with van der Waals surface area (Å²) in [6, 6.07) is 11.1. The van der Waals surface area contributed by atoms with E-state index in [0.29, 0.717) is 16.6 Å². The summed E-state index contributed by atoms with van der Waals surface area (Å²) in [6.45, 7) is 0. The number of methoxy groups -OCH3 is 1. The molecule has 0 aliphatic rings. The van der Waals surface area contributed by atoms with Crippen LogP contribution < -0.4 is 15.9 Å². The molecule has 0 spiro atoms. The van der Waals surface area contributed by atoms with Crippen molar-refractivity contribution >= 4 is 23.0 Å². The van der Waals surface area contributed by atoms with Crippen LogP contribution in [0.3, 0.4) is 0 Å².